The highest BCUT2D eigenvalue weighted by molar-refractivity contribution is 7.89. The van der Waals surface area contributed by atoms with Gasteiger partial charge in [0.15, 0.2) is 12.2 Å². The lowest BCUT2D eigenvalue weighted by Crippen LogP contribution is -2.40. The predicted octanol–water partition coefficient (Wildman–Crippen LogP) is 4.32. The van der Waals surface area contributed by atoms with Gasteiger partial charge in [-0.1, -0.05) is 11.6 Å². The average molecular weight is 434 g/mol. The number of aromatic nitrogens is 1. The third-order valence-corrected chi connectivity index (χ3v) is 6.02. The molecule has 29 heavy (non-hydrogen) atoms. The Morgan fingerprint density at radius 2 is 1.79 bits per heavy atom. The number of carbonyl (C=O) groups excluding carboxylic acids is 1. The van der Waals surface area contributed by atoms with E-state index in [0.29, 0.717) is 11.4 Å². The standard InChI is InChI=1S/C20H20ClN3O4S/c1-20(2,3)24-29(26,27)18-10-14(6-9-16(18)21)19(25)23-15-7-4-13(5-8-15)17-11-22-12-28-17/h4-12,24H,1-3H3,(H,23,25). The van der Waals surface area contributed by atoms with Gasteiger partial charge in [-0.2, -0.15) is 0 Å². The van der Waals surface area contributed by atoms with E-state index in [1.807, 2.05) is 0 Å². The second-order valence-electron chi connectivity index (χ2n) is 7.40. The van der Waals surface area contributed by atoms with Crippen molar-refractivity contribution in [3.63, 3.8) is 0 Å². The molecule has 0 aliphatic carbocycles. The van der Waals surface area contributed by atoms with Crippen LogP contribution in [-0.4, -0.2) is 24.8 Å². The number of sulfonamides is 1. The maximum Gasteiger partial charge on any atom is 0.255 e. The lowest BCUT2D eigenvalue weighted by molar-refractivity contribution is 0.102. The van der Waals surface area contributed by atoms with Crippen molar-refractivity contribution in [1.29, 1.82) is 0 Å². The van der Waals surface area contributed by atoms with E-state index in [9.17, 15) is 13.2 Å². The van der Waals surface area contributed by atoms with Gasteiger partial charge in [0.1, 0.15) is 4.90 Å². The fourth-order valence-electron chi connectivity index (χ4n) is 2.59. The van der Waals surface area contributed by atoms with Crippen molar-refractivity contribution in [1.82, 2.24) is 9.71 Å². The van der Waals surface area contributed by atoms with Crippen LogP contribution in [0.3, 0.4) is 0 Å². The molecule has 0 atom stereocenters. The van der Waals surface area contributed by atoms with E-state index in [1.165, 1.54) is 24.6 Å². The number of hydrogen-bond acceptors (Lipinski definition) is 5. The van der Waals surface area contributed by atoms with E-state index in [0.717, 1.165) is 5.56 Å². The zero-order valence-corrected chi connectivity index (χ0v) is 17.6. The largest absolute Gasteiger partial charge is 0.444 e. The minimum atomic E-state index is -3.89. The first-order valence-corrected chi connectivity index (χ1v) is 10.6. The van der Waals surface area contributed by atoms with Crippen LogP contribution < -0.4 is 10.0 Å². The highest BCUT2D eigenvalue weighted by Gasteiger charge is 2.25. The van der Waals surface area contributed by atoms with Crippen LogP contribution in [0.25, 0.3) is 11.3 Å². The Kier molecular flexibility index (Phi) is 5.79. The molecular formula is C20H20ClN3O4S. The first-order valence-electron chi connectivity index (χ1n) is 8.69. The maximum absolute atomic E-state index is 12.6. The Morgan fingerprint density at radius 1 is 1.10 bits per heavy atom. The van der Waals surface area contributed by atoms with Crippen LogP contribution >= 0.6 is 11.6 Å². The molecule has 1 aromatic heterocycles. The molecule has 0 radical (unpaired) electrons. The van der Waals surface area contributed by atoms with Crippen LogP contribution in [0, 0.1) is 0 Å². The van der Waals surface area contributed by atoms with Gasteiger partial charge >= 0.3 is 0 Å². The van der Waals surface area contributed by atoms with Gasteiger partial charge in [-0.15, -0.1) is 0 Å². The van der Waals surface area contributed by atoms with Gasteiger partial charge in [-0.05, 0) is 63.2 Å². The van der Waals surface area contributed by atoms with Crippen molar-refractivity contribution >= 4 is 33.2 Å². The molecule has 0 aliphatic rings. The number of amides is 1. The number of hydrogen-bond donors (Lipinski definition) is 2. The predicted molar refractivity (Wildman–Crippen MR) is 111 cm³/mol. The molecule has 0 saturated carbocycles. The van der Waals surface area contributed by atoms with E-state index >= 15 is 0 Å². The fourth-order valence-corrected chi connectivity index (χ4v) is 4.53. The minimum Gasteiger partial charge on any atom is -0.444 e. The molecule has 0 unspecified atom stereocenters. The molecule has 3 aromatic rings. The monoisotopic (exact) mass is 433 g/mol. The number of benzene rings is 2. The topological polar surface area (TPSA) is 101 Å². The summed E-state index contributed by atoms with van der Waals surface area (Å²) in [6.07, 6.45) is 2.93. The van der Waals surface area contributed by atoms with E-state index in [4.69, 9.17) is 16.0 Å². The van der Waals surface area contributed by atoms with Gasteiger partial charge in [0.05, 0.1) is 11.2 Å². The summed E-state index contributed by atoms with van der Waals surface area (Å²) >= 11 is 6.08. The first kappa shape index (κ1) is 21.0. The molecule has 152 valence electrons. The maximum atomic E-state index is 12.6. The third kappa shape index (κ3) is 5.23. The smallest absolute Gasteiger partial charge is 0.255 e. The van der Waals surface area contributed by atoms with Crippen molar-refractivity contribution in [2.24, 2.45) is 0 Å². The molecule has 0 fully saturated rings. The van der Waals surface area contributed by atoms with E-state index in [2.05, 4.69) is 15.0 Å². The van der Waals surface area contributed by atoms with E-state index in [-0.39, 0.29) is 15.5 Å². The van der Waals surface area contributed by atoms with Gasteiger partial charge in [-0.25, -0.2) is 18.1 Å². The Labute approximate surface area is 174 Å². The average Bonchev–Trinajstić information content (AvgIpc) is 3.15. The number of oxazole rings is 1. The van der Waals surface area contributed by atoms with Gasteiger partial charge in [0.25, 0.3) is 5.91 Å². The number of anilines is 1. The third-order valence-electron chi connectivity index (χ3n) is 3.78. The molecule has 9 heteroatoms. The van der Waals surface area contributed by atoms with Crippen molar-refractivity contribution < 1.29 is 17.6 Å². The summed E-state index contributed by atoms with van der Waals surface area (Å²) in [4.78, 5) is 16.3. The lowest BCUT2D eigenvalue weighted by atomic mass is 10.1. The first-order chi connectivity index (χ1) is 13.5. The molecule has 2 N–H and O–H groups in total. The molecule has 7 nitrogen and oxygen atoms in total. The number of rotatable bonds is 5. The molecule has 1 heterocycles. The quantitative estimate of drug-likeness (QED) is 0.623. The Hall–Kier alpha value is -2.68. The van der Waals surface area contributed by atoms with Gasteiger partial charge in [0.2, 0.25) is 10.0 Å². The zero-order valence-electron chi connectivity index (χ0n) is 16.1. The zero-order chi connectivity index (χ0) is 21.2. The van der Waals surface area contributed by atoms with Gasteiger partial charge < -0.3 is 9.73 Å². The summed E-state index contributed by atoms with van der Waals surface area (Å²) in [5, 5.41) is 2.77. The second-order valence-corrected chi connectivity index (χ2v) is 9.46. The van der Waals surface area contributed by atoms with Crippen molar-refractivity contribution in [3.8, 4) is 11.3 Å². The van der Waals surface area contributed by atoms with Crippen molar-refractivity contribution in [2.45, 2.75) is 31.2 Å². The van der Waals surface area contributed by atoms with Crippen LogP contribution in [-0.2, 0) is 10.0 Å². The molecule has 2 aromatic carbocycles. The van der Waals surface area contributed by atoms with E-state index in [1.54, 1.807) is 51.2 Å². The van der Waals surface area contributed by atoms with Gasteiger partial charge in [-0.3, -0.25) is 4.79 Å². The summed E-state index contributed by atoms with van der Waals surface area (Å²) in [6.45, 7) is 5.16. The van der Waals surface area contributed by atoms with Crippen LogP contribution in [0.2, 0.25) is 5.02 Å². The summed E-state index contributed by atoms with van der Waals surface area (Å²) in [5.74, 6) is 0.156. The number of halogens is 1. The Morgan fingerprint density at radius 3 is 2.38 bits per heavy atom. The second kappa shape index (κ2) is 7.98. The Balaban J connectivity index is 1.81. The molecule has 0 bridgehead atoms. The highest BCUT2D eigenvalue weighted by Crippen LogP contribution is 2.25. The molecule has 0 saturated heterocycles. The summed E-state index contributed by atoms with van der Waals surface area (Å²) in [6, 6.07) is 11.1. The molecule has 1 amide bonds. The van der Waals surface area contributed by atoms with Crippen LogP contribution in [0.1, 0.15) is 31.1 Å². The van der Waals surface area contributed by atoms with Crippen molar-refractivity contribution in [2.75, 3.05) is 5.32 Å². The lowest BCUT2D eigenvalue weighted by Gasteiger charge is -2.21. The van der Waals surface area contributed by atoms with Crippen LogP contribution in [0.5, 0.6) is 0 Å². The summed E-state index contributed by atoms with van der Waals surface area (Å²) < 4.78 is 33.0. The van der Waals surface area contributed by atoms with Crippen LogP contribution in [0.4, 0.5) is 5.69 Å². The van der Waals surface area contributed by atoms with Gasteiger partial charge in [0, 0.05) is 22.4 Å². The number of nitrogens with zero attached hydrogens (tertiary/aromatic N) is 1. The summed E-state index contributed by atoms with van der Waals surface area (Å²) in [5.41, 5.74) is 0.841. The Bertz CT molecular complexity index is 1120. The summed E-state index contributed by atoms with van der Waals surface area (Å²) in [7, 11) is -3.89. The SMILES string of the molecule is CC(C)(C)NS(=O)(=O)c1cc(C(=O)Nc2ccc(-c3cnco3)cc2)ccc1Cl. The highest BCUT2D eigenvalue weighted by atomic mass is 35.5. The normalized spacial score (nSPS) is 12.0. The minimum absolute atomic E-state index is 0.0368. The van der Waals surface area contributed by atoms with Crippen molar-refractivity contribution in [3.05, 3.63) is 65.6 Å². The number of carbonyl (C=O) groups is 1. The molecule has 0 aliphatic heterocycles. The molecule has 3 rings (SSSR count). The van der Waals surface area contributed by atoms with E-state index < -0.39 is 21.5 Å². The number of nitrogens with one attached hydrogen (secondary N) is 2. The molecule has 0 spiro atoms. The fraction of sp³-hybridized carbons (Fsp3) is 0.200. The van der Waals surface area contributed by atoms with Crippen LogP contribution in [0.15, 0.2) is 64.4 Å². The molecular weight excluding hydrogens is 414 g/mol.